The van der Waals surface area contributed by atoms with Crippen LogP contribution < -0.4 is 10.1 Å². The highest BCUT2D eigenvalue weighted by molar-refractivity contribution is 9.11. The van der Waals surface area contributed by atoms with E-state index < -0.39 is 6.61 Å². The third-order valence-electron chi connectivity index (χ3n) is 2.58. The second kappa shape index (κ2) is 7.04. The van der Waals surface area contributed by atoms with Gasteiger partial charge in [0.05, 0.1) is 5.69 Å². The van der Waals surface area contributed by atoms with Crippen molar-refractivity contribution < 1.29 is 13.5 Å². The molecule has 0 amide bonds. The Morgan fingerprint density at radius 3 is 2.15 bits per heavy atom. The molecule has 0 saturated carbocycles. The molecule has 0 radical (unpaired) electrons. The highest BCUT2D eigenvalue weighted by atomic mass is 79.9. The second-order valence-electron chi connectivity index (χ2n) is 3.97. The summed E-state index contributed by atoms with van der Waals surface area (Å²) in [5.74, 6) is 0.158. The molecule has 0 aliphatic rings. The predicted octanol–water partition coefficient (Wildman–Crippen LogP) is 5.43. The van der Waals surface area contributed by atoms with Crippen LogP contribution in [-0.4, -0.2) is 6.61 Å². The third-order valence-corrected chi connectivity index (χ3v) is 3.90. The Bertz CT molecular complexity index is 556. The number of alkyl halides is 2. The number of ether oxygens (including phenoxy) is 1. The van der Waals surface area contributed by atoms with Gasteiger partial charge < -0.3 is 10.1 Å². The van der Waals surface area contributed by atoms with Crippen molar-refractivity contribution >= 4 is 37.5 Å². The zero-order valence-corrected chi connectivity index (χ0v) is 13.4. The van der Waals surface area contributed by atoms with Gasteiger partial charge in [0, 0.05) is 15.5 Å². The largest absolute Gasteiger partial charge is 0.435 e. The first-order valence-corrected chi connectivity index (χ1v) is 7.36. The number of halogens is 4. The van der Waals surface area contributed by atoms with Crippen LogP contribution in [0.2, 0.25) is 0 Å². The van der Waals surface area contributed by atoms with Crippen molar-refractivity contribution in [1.29, 1.82) is 0 Å². The molecule has 0 atom stereocenters. The quantitative estimate of drug-likeness (QED) is 0.715. The van der Waals surface area contributed by atoms with Crippen molar-refractivity contribution in [2.45, 2.75) is 13.2 Å². The summed E-state index contributed by atoms with van der Waals surface area (Å²) in [4.78, 5) is 0. The smallest absolute Gasteiger partial charge is 0.387 e. The maximum absolute atomic E-state index is 12.0. The molecule has 2 aromatic carbocycles. The van der Waals surface area contributed by atoms with Crippen LogP contribution in [0.15, 0.2) is 51.4 Å². The van der Waals surface area contributed by atoms with Gasteiger partial charge in [-0.3, -0.25) is 0 Å². The van der Waals surface area contributed by atoms with E-state index in [-0.39, 0.29) is 5.75 Å². The Morgan fingerprint density at radius 1 is 1.00 bits per heavy atom. The number of nitrogens with one attached hydrogen (secondary N) is 1. The van der Waals surface area contributed by atoms with E-state index in [4.69, 9.17) is 0 Å². The molecule has 0 aliphatic heterocycles. The van der Waals surface area contributed by atoms with Crippen LogP contribution in [0.3, 0.4) is 0 Å². The van der Waals surface area contributed by atoms with E-state index in [2.05, 4.69) is 41.9 Å². The molecule has 0 aliphatic carbocycles. The number of para-hydroxylation sites is 1. The van der Waals surface area contributed by atoms with E-state index in [1.165, 1.54) is 12.1 Å². The number of hydrogen-bond donors (Lipinski definition) is 1. The fourth-order valence-electron chi connectivity index (χ4n) is 1.65. The number of rotatable bonds is 5. The predicted molar refractivity (Wildman–Crippen MR) is 82.2 cm³/mol. The summed E-state index contributed by atoms with van der Waals surface area (Å²) < 4.78 is 30.3. The molecule has 2 rings (SSSR count). The Hall–Kier alpha value is -1.14. The Labute approximate surface area is 132 Å². The minimum Gasteiger partial charge on any atom is -0.435 e. The summed E-state index contributed by atoms with van der Waals surface area (Å²) >= 11 is 6.93. The van der Waals surface area contributed by atoms with Gasteiger partial charge in [-0.25, -0.2) is 0 Å². The summed E-state index contributed by atoms with van der Waals surface area (Å²) in [6.07, 6.45) is 0. The molecule has 1 N–H and O–H groups in total. The molecule has 0 saturated heterocycles. The average Bonchev–Trinajstić information content (AvgIpc) is 2.39. The standard InChI is InChI=1S/C14H11Br2F2NO/c15-11-2-1-3-12(16)13(11)19-8-9-4-6-10(7-5-9)20-14(17)18/h1-7,14,19H,8H2. The molecule has 0 spiro atoms. The fourth-order valence-corrected chi connectivity index (χ4v) is 2.92. The number of hydrogen-bond acceptors (Lipinski definition) is 2. The van der Waals surface area contributed by atoms with E-state index in [0.29, 0.717) is 6.54 Å². The van der Waals surface area contributed by atoms with Gasteiger partial charge in [0.2, 0.25) is 0 Å². The first kappa shape index (κ1) is 15.3. The van der Waals surface area contributed by atoms with Gasteiger partial charge in [-0.2, -0.15) is 8.78 Å². The monoisotopic (exact) mass is 405 g/mol. The molecule has 20 heavy (non-hydrogen) atoms. The Morgan fingerprint density at radius 2 is 1.60 bits per heavy atom. The summed E-state index contributed by atoms with van der Waals surface area (Å²) in [5, 5.41) is 3.28. The molecule has 2 aromatic rings. The molecule has 0 heterocycles. The minimum absolute atomic E-state index is 0.158. The van der Waals surface area contributed by atoms with Gasteiger partial charge >= 0.3 is 6.61 Å². The van der Waals surface area contributed by atoms with Gasteiger partial charge in [0.25, 0.3) is 0 Å². The zero-order chi connectivity index (χ0) is 14.5. The Balaban J connectivity index is 2.00. The lowest BCUT2D eigenvalue weighted by molar-refractivity contribution is -0.0498. The number of anilines is 1. The van der Waals surface area contributed by atoms with Crippen LogP contribution in [0, 0.1) is 0 Å². The number of benzene rings is 2. The van der Waals surface area contributed by atoms with E-state index in [1.54, 1.807) is 12.1 Å². The van der Waals surface area contributed by atoms with Gasteiger partial charge in [0.15, 0.2) is 0 Å². The van der Waals surface area contributed by atoms with Crippen molar-refractivity contribution in [3.63, 3.8) is 0 Å². The molecule has 0 bridgehead atoms. The lowest BCUT2D eigenvalue weighted by atomic mass is 10.2. The van der Waals surface area contributed by atoms with Crippen molar-refractivity contribution in [3.8, 4) is 5.75 Å². The van der Waals surface area contributed by atoms with Gasteiger partial charge in [-0.05, 0) is 61.7 Å². The highest BCUT2D eigenvalue weighted by Gasteiger charge is 2.05. The fraction of sp³-hybridized carbons (Fsp3) is 0.143. The van der Waals surface area contributed by atoms with Crippen molar-refractivity contribution in [1.82, 2.24) is 0 Å². The van der Waals surface area contributed by atoms with E-state index >= 15 is 0 Å². The van der Waals surface area contributed by atoms with Gasteiger partial charge in [-0.15, -0.1) is 0 Å². The van der Waals surface area contributed by atoms with Crippen LogP contribution in [-0.2, 0) is 6.54 Å². The second-order valence-corrected chi connectivity index (χ2v) is 5.68. The lowest BCUT2D eigenvalue weighted by Crippen LogP contribution is -2.03. The third kappa shape index (κ3) is 4.18. The summed E-state index contributed by atoms with van der Waals surface area (Å²) in [6.45, 7) is -2.22. The van der Waals surface area contributed by atoms with Crippen LogP contribution in [0.1, 0.15) is 5.56 Å². The van der Waals surface area contributed by atoms with Gasteiger partial charge in [-0.1, -0.05) is 18.2 Å². The maximum Gasteiger partial charge on any atom is 0.387 e. The lowest BCUT2D eigenvalue weighted by Gasteiger charge is -2.11. The maximum atomic E-state index is 12.0. The molecule has 106 valence electrons. The van der Waals surface area contributed by atoms with Crippen molar-refractivity contribution in [3.05, 3.63) is 57.0 Å². The van der Waals surface area contributed by atoms with Crippen LogP contribution in [0.5, 0.6) is 5.75 Å². The SMILES string of the molecule is FC(F)Oc1ccc(CNc2c(Br)cccc2Br)cc1. The minimum atomic E-state index is -2.80. The first-order valence-electron chi connectivity index (χ1n) is 5.78. The van der Waals surface area contributed by atoms with Crippen molar-refractivity contribution in [2.75, 3.05) is 5.32 Å². The molecular weight excluding hydrogens is 396 g/mol. The molecule has 0 fully saturated rings. The molecule has 0 aromatic heterocycles. The van der Waals surface area contributed by atoms with Crippen LogP contribution in [0.4, 0.5) is 14.5 Å². The van der Waals surface area contributed by atoms with E-state index in [9.17, 15) is 8.78 Å². The topological polar surface area (TPSA) is 21.3 Å². The molecule has 2 nitrogen and oxygen atoms in total. The summed E-state index contributed by atoms with van der Waals surface area (Å²) in [7, 11) is 0. The highest BCUT2D eigenvalue weighted by Crippen LogP contribution is 2.31. The van der Waals surface area contributed by atoms with E-state index in [0.717, 1.165) is 20.2 Å². The van der Waals surface area contributed by atoms with Crippen molar-refractivity contribution in [2.24, 2.45) is 0 Å². The molecule has 6 heteroatoms. The van der Waals surface area contributed by atoms with Gasteiger partial charge in [0.1, 0.15) is 5.75 Å². The van der Waals surface area contributed by atoms with Crippen LogP contribution >= 0.6 is 31.9 Å². The molecular formula is C14H11Br2F2NO. The summed E-state index contributed by atoms with van der Waals surface area (Å²) in [5.41, 5.74) is 1.91. The van der Waals surface area contributed by atoms with E-state index in [1.807, 2.05) is 18.2 Å². The Kier molecular flexibility index (Phi) is 5.37. The van der Waals surface area contributed by atoms with Crippen LogP contribution in [0.25, 0.3) is 0 Å². The molecule has 0 unspecified atom stereocenters. The zero-order valence-electron chi connectivity index (χ0n) is 10.2. The average molecular weight is 407 g/mol. The normalized spacial score (nSPS) is 10.7. The summed E-state index contributed by atoms with van der Waals surface area (Å²) in [6, 6.07) is 12.3. The first-order chi connectivity index (χ1) is 9.56.